The molecule has 0 bridgehead atoms. The lowest BCUT2D eigenvalue weighted by Gasteiger charge is -2.10. The van der Waals surface area contributed by atoms with Crippen molar-refractivity contribution < 1.29 is 29.1 Å². The zero-order chi connectivity index (χ0) is 13.3. The van der Waals surface area contributed by atoms with E-state index < -0.39 is 24.8 Å². The number of rotatable bonds is 4. The Morgan fingerprint density at radius 1 is 1.11 bits per heavy atom. The summed E-state index contributed by atoms with van der Waals surface area (Å²) in [6, 6.07) is 0. The Labute approximate surface area is 108 Å². The molecule has 18 heavy (non-hydrogen) atoms. The SMILES string of the molecule is OOCc1c(COO)c(F)c2sc(=S)[nH]c2c1F. The molecule has 1 aromatic heterocycles. The first-order chi connectivity index (χ1) is 8.60. The standard InChI is InChI=1S/C9H7F2NO4S2/c10-5-3(1-15-13)4(2-16-14)6(11)8-7(5)12-9(17)18-8/h13-14H,1-2H2,(H,12,17). The van der Waals surface area contributed by atoms with Crippen LogP contribution in [-0.2, 0) is 23.0 Å². The molecule has 5 nitrogen and oxygen atoms in total. The Hall–Kier alpha value is -0.970. The first kappa shape index (κ1) is 13.5. The Balaban J connectivity index is 2.81. The minimum absolute atomic E-state index is 0.00811. The summed E-state index contributed by atoms with van der Waals surface area (Å²) >= 11 is 5.68. The maximum Gasteiger partial charge on any atom is 0.159 e. The summed E-state index contributed by atoms with van der Waals surface area (Å²) in [6.07, 6.45) is 0. The molecule has 0 aliphatic carbocycles. The summed E-state index contributed by atoms with van der Waals surface area (Å²) in [6.45, 7) is -1.14. The molecule has 9 heteroatoms. The molecule has 0 atom stereocenters. The number of aromatic nitrogens is 1. The second kappa shape index (κ2) is 5.34. The molecule has 1 heterocycles. The number of benzene rings is 1. The molecule has 0 saturated carbocycles. The van der Waals surface area contributed by atoms with Crippen LogP contribution < -0.4 is 0 Å². The van der Waals surface area contributed by atoms with Crippen molar-refractivity contribution in [3.63, 3.8) is 0 Å². The van der Waals surface area contributed by atoms with E-state index in [0.717, 1.165) is 11.3 Å². The fourth-order valence-electron chi connectivity index (χ4n) is 1.62. The van der Waals surface area contributed by atoms with E-state index in [2.05, 4.69) is 14.8 Å². The monoisotopic (exact) mass is 295 g/mol. The molecule has 2 rings (SSSR count). The van der Waals surface area contributed by atoms with E-state index in [1.807, 2.05) is 0 Å². The molecule has 0 aliphatic rings. The molecule has 0 fully saturated rings. The van der Waals surface area contributed by atoms with Crippen molar-refractivity contribution in [2.75, 3.05) is 0 Å². The Kier molecular flexibility index (Phi) is 4.00. The molecule has 98 valence electrons. The third kappa shape index (κ3) is 2.16. The maximum atomic E-state index is 14.1. The van der Waals surface area contributed by atoms with Gasteiger partial charge in [0.2, 0.25) is 0 Å². The van der Waals surface area contributed by atoms with E-state index in [0.29, 0.717) is 0 Å². The van der Waals surface area contributed by atoms with Crippen LogP contribution in [0, 0.1) is 15.6 Å². The van der Waals surface area contributed by atoms with Crippen LogP contribution in [0.5, 0.6) is 0 Å². The fraction of sp³-hybridized carbons (Fsp3) is 0.222. The molecule has 0 aliphatic heterocycles. The van der Waals surface area contributed by atoms with Crippen LogP contribution in [0.1, 0.15) is 11.1 Å². The van der Waals surface area contributed by atoms with Gasteiger partial charge < -0.3 is 4.98 Å². The molecular weight excluding hydrogens is 288 g/mol. The van der Waals surface area contributed by atoms with E-state index in [1.165, 1.54) is 0 Å². The normalized spacial score (nSPS) is 11.3. The maximum absolute atomic E-state index is 14.1. The van der Waals surface area contributed by atoms with Crippen LogP contribution in [0.15, 0.2) is 0 Å². The summed E-state index contributed by atoms with van der Waals surface area (Å²) in [5.41, 5.74) is -0.585. The molecule has 0 spiro atoms. The topological polar surface area (TPSA) is 74.7 Å². The van der Waals surface area contributed by atoms with Gasteiger partial charge in [-0.2, -0.15) is 0 Å². The minimum Gasteiger partial charge on any atom is -0.334 e. The van der Waals surface area contributed by atoms with Gasteiger partial charge in [-0.3, -0.25) is 10.5 Å². The quantitative estimate of drug-likeness (QED) is 0.459. The zero-order valence-corrected chi connectivity index (χ0v) is 10.3. The fourth-order valence-corrected chi connectivity index (χ4v) is 2.77. The first-order valence-electron chi connectivity index (χ1n) is 4.64. The summed E-state index contributed by atoms with van der Waals surface area (Å²) in [4.78, 5) is 10.2. The number of hydrogen-bond donors (Lipinski definition) is 3. The predicted molar refractivity (Wildman–Crippen MR) is 61.8 cm³/mol. The van der Waals surface area contributed by atoms with Gasteiger partial charge in [-0.15, -0.1) is 11.3 Å². The van der Waals surface area contributed by atoms with E-state index in [9.17, 15) is 8.78 Å². The van der Waals surface area contributed by atoms with E-state index in [4.69, 9.17) is 22.7 Å². The van der Waals surface area contributed by atoms with Crippen LogP contribution in [0.3, 0.4) is 0 Å². The largest absolute Gasteiger partial charge is 0.334 e. The summed E-state index contributed by atoms with van der Waals surface area (Å²) in [5.74, 6) is -1.58. The number of hydrogen-bond acceptors (Lipinski definition) is 6. The highest BCUT2D eigenvalue weighted by atomic mass is 32.1. The molecule has 0 radical (unpaired) electrons. The van der Waals surface area contributed by atoms with E-state index >= 15 is 0 Å². The number of H-pyrrole nitrogens is 1. The number of halogens is 2. The van der Waals surface area contributed by atoms with Crippen molar-refractivity contribution in [1.29, 1.82) is 0 Å². The van der Waals surface area contributed by atoms with Gasteiger partial charge in [0.1, 0.15) is 19.0 Å². The lowest BCUT2D eigenvalue weighted by Crippen LogP contribution is -2.05. The third-order valence-electron chi connectivity index (χ3n) is 2.38. The number of aromatic amines is 1. The van der Waals surface area contributed by atoms with Gasteiger partial charge in [-0.1, -0.05) is 0 Å². The molecule has 0 amide bonds. The smallest absolute Gasteiger partial charge is 0.159 e. The summed E-state index contributed by atoms with van der Waals surface area (Å²) in [5, 5.41) is 16.8. The van der Waals surface area contributed by atoms with Gasteiger partial charge in [0.15, 0.2) is 9.77 Å². The zero-order valence-electron chi connectivity index (χ0n) is 8.70. The molecule has 1 aromatic carbocycles. The highest BCUT2D eigenvalue weighted by Gasteiger charge is 2.22. The van der Waals surface area contributed by atoms with Crippen molar-refractivity contribution in [3.8, 4) is 0 Å². The highest BCUT2D eigenvalue weighted by molar-refractivity contribution is 7.73. The minimum atomic E-state index is -0.806. The molecular formula is C9H7F2NO4S2. The van der Waals surface area contributed by atoms with Crippen LogP contribution in [0.4, 0.5) is 8.78 Å². The number of thiazole rings is 1. The highest BCUT2D eigenvalue weighted by Crippen LogP contribution is 2.32. The van der Waals surface area contributed by atoms with Crippen molar-refractivity contribution in [1.82, 2.24) is 4.98 Å². The molecule has 2 aromatic rings. The van der Waals surface area contributed by atoms with Gasteiger partial charge in [-0.25, -0.2) is 18.6 Å². The van der Waals surface area contributed by atoms with Crippen molar-refractivity contribution in [2.24, 2.45) is 0 Å². The second-order valence-electron chi connectivity index (χ2n) is 3.35. The van der Waals surface area contributed by atoms with Crippen LogP contribution in [-0.4, -0.2) is 15.5 Å². The average molecular weight is 295 g/mol. The van der Waals surface area contributed by atoms with Crippen molar-refractivity contribution in [3.05, 3.63) is 26.7 Å². The van der Waals surface area contributed by atoms with Gasteiger partial charge in [0, 0.05) is 11.1 Å². The van der Waals surface area contributed by atoms with Gasteiger partial charge >= 0.3 is 0 Å². The Morgan fingerprint density at radius 3 is 2.22 bits per heavy atom. The third-order valence-corrected chi connectivity index (χ3v) is 3.61. The van der Waals surface area contributed by atoms with Gasteiger partial charge in [0.05, 0.1) is 10.2 Å². The summed E-state index contributed by atoms with van der Waals surface area (Å²) < 4.78 is 28.4. The average Bonchev–Trinajstić information content (AvgIpc) is 2.73. The van der Waals surface area contributed by atoms with Crippen LogP contribution in [0.25, 0.3) is 10.2 Å². The summed E-state index contributed by atoms with van der Waals surface area (Å²) in [7, 11) is 0. The Bertz CT molecular complexity index is 588. The molecule has 0 unspecified atom stereocenters. The predicted octanol–water partition coefficient (Wildman–Crippen LogP) is 3.22. The lowest BCUT2D eigenvalue weighted by atomic mass is 10.1. The first-order valence-corrected chi connectivity index (χ1v) is 5.86. The number of fused-ring (bicyclic) bond motifs is 1. The number of nitrogens with one attached hydrogen (secondary N) is 1. The molecule has 0 saturated heterocycles. The van der Waals surface area contributed by atoms with Crippen molar-refractivity contribution >= 4 is 33.8 Å². The van der Waals surface area contributed by atoms with Crippen molar-refractivity contribution in [2.45, 2.75) is 13.2 Å². The van der Waals surface area contributed by atoms with Crippen LogP contribution >= 0.6 is 23.6 Å². The Morgan fingerprint density at radius 2 is 1.67 bits per heavy atom. The molecule has 3 N–H and O–H groups in total. The van der Waals surface area contributed by atoms with E-state index in [1.54, 1.807) is 0 Å². The van der Waals surface area contributed by atoms with Crippen LogP contribution in [0.2, 0.25) is 0 Å². The van der Waals surface area contributed by atoms with Gasteiger partial charge in [0.25, 0.3) is 0 Å². The van der Waals surface area contributed by atoms with Gasteiger partial charge in [-0.05, 0) is 12.2 Å². The second-order valence-corrected chi connectivity index (χ2v) is 5.04. The lowest BCUT2D eigenvalue weighted by molar-refractivity contribution is -0.259. The van der Waals surface area contributed by atoms with E-state index in [-0.39, 0.29) is 25.3 Å².